The summed E-state index contributed by atoms with van der Waals surface area (Å²) in [6.45, 7) is 0. The van der Waals surface area contributed by atoms with Gasteiger partial charge in [0.25, 0.3) is 5.91 Å². The highest BCUT2D eigenvalue weighted by atomic mass is 19.1. The molecule has 1 unspecified atom stereocenters. The SMILES string of the molecule is NC(Cc1cc(F)c(Oc2ccc(C=C3OC(=O)NC3=O)cc2)c(F)c1)C(=O)O. The molecule has 0 spiro atoms. The Labute approximate surface area is 162 Å². The van der Waals surface area contributed by atoms with Crippen molar-refractivity contribution in [3.63, 3.8) is 0 Å². The second-order valence-electron chi connectivity index (χ2n) is 6.06. The third-order valence-corrected chi connectivity index (χ3v) is 3.87. The van der Waals surface area contributed by atoms with Crippen molar-refractivity contribution in [1.29, 1.82) is 0 Å². The van der Waals surface area contributed by atoms with Crippen molar-refractivity contribution in [3.05, 3.63) is 64.9 Å². The number of aliphatic carboxylic acids is 1. The van der Waals surface area contributed by atoms with Gasteiger partial charge in [-0.3, -0.25) is 14.9 Å². The number of carboxylic acid groups (broad SMARTS) is 1. The fourth-order valence-electron chi connectivity index (χ4n) is 2.49. The third-order valence-electron chi connectivity index (χ3n) is 3.87. The Morgan fingerprint density at radius 1 is 1.21 bits per heavy atom. The Morgan fingerprint density at radius 2 is 1.83 bits per heavy atom. The molecular weight excluding hydrogens is 390 g/mol. The van der Waals surface area contributed by atoms with E-state index in [-0.39, 0.29) is 23.5 Å². The zero-order chi connectivity index (χ0) is 21.1. The van der Waals surface area contributed by atoms with E-state index in [1.165, 1.54) is 30.3 Å². The molecular formula is C19H14F2N2O6. The van der Waals surface area contributed by atoms with Crippen molar-refractivity contribution < 1.29 is 37.7 Å². The number of carbonyl (C=O) groups excluding carboxylic acids is 2. The number of hydrogen-bond acceptors (Lipinski definition) is 6. The van der Waals surface area contributed by atoms with Crippen LogP contribution in [0.1, 0.15) is 11.1 Å². The van der Waals surface area contributed by atoms with Gasteiger partial charge in [0.2, 0.25) is 0 Å². The lowest BCUT2D eigenvalue weighted by molar-refractivity contribution is -0.138. The molecule has 0 radical (unpaired) electrons. The fraction of sp³-hybridized carbons (Fsp3) is 0.105. The maximum atomic E-state index is 14.2. The fourth-order valence-corrected chi connectivity index (χ4v) is 2.49. The summed E-state index contributed by atoms with van der Waals surface area (Å²) in [5.74, 6) is -4.73. The van der Waals surface area contributed by atoms with Crippen LogP contribution in [0.15, 0.2) is 42.2 Å². The summed E-state index contributed by atoms with van der Waals surface area (Å²) in [5, 5.41) is 10.7. The molecule has 10 heteroatoms. The van der Waals surface area contributed by atoms with Crippen LogP contribution in [0.4, 0.5) is 13.6 Å². The Hall–Kier alpha value is -3.79. The second kappa shape index (κ2) is 8.07. The van der Waals surface area contributed by atoms with Crippen LogP contribution in [0.3, 0.4) is 0 Å². The molecule has 8 nitrogen and oxygen atoms in total. The van der Waals surface area contributed by atoms with Gasteiger partial charge in [0, 0.05) is 0 Å². The number of hydrogen-bond donors (Lipinski definition) is 3. The zero-order valence-corrected chi connectivity index (χ0v) is 14.6. The first-order chi connectivity index (χ1) is 13.7. The first-order valence-electron chi connectivity index (χ1n) is 8.22. The van der Waals surface area contributed by atoms with Crippen LogP contribution in [0.25, 0.3) is 6.08 Å². The van der Waals surface area contributed by atoms with Gasteiger partial charge in [0.05, 0.1) is 0 Å². The number of carboxylic acids is 1. The Bertz CT molecular complexity index is 997. The predicted molar refractivity (Wildman–Crippen MR) is 94.8 cm³/mol. The maximum Gasteiger partial charge on any atom is 0.419 e. The molecule has 3 rings (SSSR count). The molecule has 2 amide bonds. The average Bonchev–Trinajstić information content (AvgIpc) is 2.96. The maximum absolute atomic E-state index is 14.2. The van der Waals surface area contributed by atoms with Crippen molar-refractivity contribution in [2.45, 2.75) is 12.5 Å². The molecule has 2 aromatic rings. The number of alkyl carbamates (subject to hydrolysis) is 1. The van der Waals surface area contributed by atoms with Crippen LogP contribution in [0, 0.1) is 11.6 Å². The van der Waals surface area contributed by atoms with E-state index in [1.54, 1.807) is 0 Å². The molecule has 0 saturated carbocycles. The van der Waals surface area contributed by atoms with E-state index >= 15 is 0 Å². The van der Waals surface area contributed by atoms with Crippen molar-refractivity contribution in [3.8, 4) is 11.5 Å². The highest BCUT2D eigenvalue weighted by Gasteiger charge is 2.26. The minimum Gasteiger partial charge on any atom is -0.480 e. The van der Waals surface area contributed by atoms with Gasteiger partial charge in [0.1, 0.15) is 11.8 Å². The number of cyclic esters (lactones) is 1. The lowest BCUT2D eigenvalue weighted by Crippen LogP contribution is -2.32. The van der Waals surface area contributed by atoms with Crippen LogP contribution in [-0.2, 0) is 20.7 Å². The van der Waals surface area contributed by atoms with Gasteiger partial charge in [-0.15, -0.1) is 0 Å². The lowest BCUT2D eigenvalue weighted by atomic mass is 10.1. The number of ether oxygens (including phenoxy) is 2. The van der Waals surface area contributed by atoms with Gasteiger partial charge in [0.15, 0.2) is 23.1 Å². The predicted octanol–water partition coefficient (Wildman–Crippen LogP) is 2.32. The van der Waals surface area contributed by atoms with E-state index in [1.807, 2.05) is 5.32 Å². The van der Waals surface area contributed by atoms with Crippen LogP contribution < -0.4 is 15.8 Å². The van der Waals surface area contributed by atoms with Gasteiger partial charge >= 0.3 is 12.1 Å². The zero-order valence-electron chi connectivity index (χ0n) is 14.6. The van der Waals surface area contributed by atoms with Crippen molar-refractivity contribution in [1.82, 2.24) is 5.32 Å². The minimum atomic E-state index is -1.29. The summed E-state index contributed by atoms with van der Waals surface area (Å²) in [6, 6.07) is 6.38. The summed E-state index contributed by atoms with van der Waals surface area (Å²) < 4.78 is 38.3. The van der Waals surface area contributed by atoms with Gasteiger partial charge in [-0.05, 0) is 47.9 Å². The number of rotatable bonds is 6. The highest BCUT2D eigenvalue weighted by Crippen LogP contribution is 2.29. The highest BCUT2D eigenvalue weighted by molar-refractivity contribution is 6.09. The Kier molecular flexibility index (Phi) is 5.55. The smallest absolute Gasteiger partial charge is 0.419 e. The molecule has 29 heavy (non-hydrogen) atoms. The Morgan fingerprint density at radius 3 is 2.34 bits per heavy atom. The van der Waals surface area contributed by atoms with Crippen LogP contribution in [-0.4, -0.2) is 29.1 Å². The van der Waals surface area contributed by atoms with Gasteiger partial charge in [-0.25, -0.2) is 13.6 Å². The molecule has 1 atom stereocenters. The number of carbonyl (C=O) groups is 3. The number of halogens is 2. The summed E-state index contributed by atoms with van der Waals surface area (Å²) in [7, 11) is 0. The van der Waals surface area contributed by atoms with Crippen LogP contribution >= 0.6 is 0 Å². The standard InChI is InChI=1S/C19H14F2N2O6/c20-12-5-10(7-14(22)18(25)26)6-13(21)16(12)28-11-3-1-9(2-4-11)8-15-17(24)23-19(27)29-15/h1-6,8,14H,7,22H2,(H,25,26)(H,23,24,27). The van der Waals surface area contributed by atoms with Gasteiger partial charge < -0.3 is 20.3 Å². The van der Waals surface area contributed by atoms with Crippen molar-refractivity contribution >= 4 is 24.0 Å². The number of amides is 2. The van der Waals surface area contributed by atoms with E-state index in [2.05, 4.69) is 4.74 Å². The third kappa shape index (κ3) is 4.74. The lowest BCUT2D eigenvalue weighted by Gasteiger charge is -2.11. The first-order valence-corrected chi connectivity index (χ1v) is 8.22. The molecule has 1 saturated heterocycles. The second-order valence-corrected chi connectivity index (χ2v) is 6.06. The molecule has 0 bridgehead atoms. The molecule has 1 heterocycles. The number of imide groups is 1. The van der Waals surface area contributed by atoms with Crippen molar-refractivity contribution in [2.75, 3.05) is 0 Å². The van der Waals surface area contributed by atoms with Crippen molar-refractivity contribution in [2.24, 2.45) is 5.73 Å². The molecule has 0 aromatic heterocycles. The summed E-state index contributed by atoms with van der Waals surface area (Å²) in [6.07, 6.45) is 0.191. The van der Waals surface area contributed by atoms with E-state index in [0.717, 1.165) is 12.1 Å². The largest absolute Gasteiger partial charge is 0.480 e. The Balaban J connectivity index is 1.75. The summed E-state index contributed by atoms with van der Waals surface area (Å²) >= 11 is 0. The topological polar surface area (TPSA) is 128 Å². The van der Waals surface area contributed by atoms with Gasteiger partial charge in [-0.1, -0.05) is 12.1 Å². The summed E-state index contributed by atoms with van der Waals surface area (Å²) in [5.41, 5.74) is 5.93. The normalized spacial score (nSPS) is 15.8. The van der Waals surface area contributed by atoms with Crippen LogP contribution in [0.5, 0.6) is 11.5 Å². The molecule has 150 valence electrons. The average molecular weight is 404 g/mol. The summed E-state index contributed by atoms with van der Waals surface area (Å²) in [4.78, 5) is 33.2. The molecule has 1 aliphatic rings. The number of nitrogens with two attached hydrogens (primary N) is 1. The number of nitrogens with one attached hydrogen (secondary N) is 1. The minimum absolute atomic E-state index is 0.0774. The number of benzene rings is 2. The van der Waals surface area contributed by atoms with E-state index in [9.17, 15) is 23.2 Å². The van der Waals surface area contributed by atoms with Gasteiger partial charge in [-0.2, -0.15) is 0 Å². The molecule has 0 aliphatic carbocycles. The molecule has 1 fully saturated rings. The molecule has 4 N–H and O–H groups in total. The molecule has 2 aromatic carbocycles. The molecule has 1 aliphatic heterocycles. The van der Waals surface area contributed by atoms with E-state index < -0.39 is 41.4 Å². The van der Waals surface area contributed by atoms with Crippen LogP contribution in [0.2, 0.25) is 0 Å². The van der Waals surface area contributed by atoms with E-state index in [4.69, 9.17) is 15.6 Å². The monoisotopic (exact) mass is 404 g/mol. The van der Waals surface area contributed by atoms with E-state index in [0.29, 0.717) is 5.56 Å². The quantitative estimate of drug-likeness (QED) is 0.631. The first kappa shape index (κ1) is 20.0.